The number of nitrogens with one attached hydrogen (secondary N) is 1. The second-order valence-electron chi connectivity index (χ2n) is 3.73. The molecule has 0 spiro atoms. The molecule has 0 fully saturated rings. The van der Waals surface area contributed by atoms with E-state index in [0.717, 1.165) is 16.3 Å². The molecule has 88 valence electrons. The van der Waals surface area contributed by atoms with Crippen LogP contribution in [0.5, 0.6) is 0 Å². The van der Waals surface area contributed by atoms with Crippen molar-refractivity contribution in [2.24, 2.45) is 0 Å². The Morgan fingerprint density at radius 3 is 2.59 bits per heavy atom. The van der Waals surface area contributed by atoms with Crippen molar-refractivity contribution >= 4 is 28.9 Å². The van der Waals surface area contributed by atoms with Gasteiger partial charge in [0, 0.05) is 11.2 Å². The van der Waals surface area contributed by atoms with Crippen LogP contribution >= 0.6 is 23.2 Å². The van der Waals surface area contributed by atoms with Gasteiger partial charge in [0.1, 0.15) is 0 Å². The highest BCUT2D eigenvalue weighted by Gasteiger charge is 2.10. The van der Waals surface area contributed by atoms with Crippen LogP contribution in [-0.4, -0.2) is 4.98 Å². The molecule has 1 aromatic heterocycles. The number of nitrogens with zero attached hydrogens (tertiary/aromatic N) is 1. The van der Waals surface area contributed by atoms with Crippen molar-refractivity contribution in [3.05, 3.63) is 58.3 Å². The number of halogens is 2. The topological polar surface area (TPSA) is 24.9 Å². The van der Waals surface area contributed by atoms with Gasteiger partial charge in [0.25, 0.3) is 0 Å². The number of hydrogen-bond acceptors (Lipinski definition) is 2. The number of benzene rings is 1. The lowest BCUT2D eigenvalue weighted by molar-refractivity contribution is 0.883. The molecular weight excluding hydrogens is 255 g/mol. The maximum absolute atomic E-state index is 6.14. The lowest BCUT2D eigenvalue weighted by Crippen LogP contribution is -2.07. The molecule has 1 aromatic carbocycles. The minimum Gasteiger partial charge on any atom is -0.376 e. The zero-order valence-electron chi connectivity index (χ0n) is 9.32. The van der Waals surface area contributed by atoms with Crippen molar-refractivity contribution in [3.63, 3.8) is 0 Å². The first-order valence-electron chi connectivity index (χ1n) is 5.30. The molecule has 17 heavy (non-hydrogen) atoms. The van der Waals surface area contributed by atoms with Crippen molar-refractivity contribution in [2.75, 3.05) is 5.32 Å². The van der Waals surface area contributed by atoms with E-state index in [2.05, 4.69) is 10.3 Å². The third kappa shape index (κ3) is 2.90. The molecule has 0 aliphatic heterocycles. The molecule has 2 aromatic rings. The van der Waals surface area contributed by atoms with Crippen LogP contribution in [-0.2, 0) is 0 Å². The van der Waals surface area contributed by atoms with Gasteiger partial charge < -0.3 is 5.32 Å². The average molecular weight is 267 g/mol. The van der Waals surface area contributed by atoms with E-state index in [1.165, 1.54) is 0 Å². The predicted molar refractivity (Wildman–Crippen MR) is 72.7 cm³/mol. The summed E-state index contributed by atoms with van der Waals surface area (Å²) in [5.41, 5.74) is 1.84. The van der Waals surface area contributed by atoms with Gasteiger partial charge in [-0.25, -0.2) is 4.98 Å². The van der Waals surface area contributed by atoms with Gasteiger partial charge in [-0.1, -0.05) is 41.4 Å². The lowest BCUT2D eigenvalue weighted by atomic mass is 10.1. The van der Waals surface area contributed by atoms with Crippen molar-refractivity contribution in [1.82, 2.24) is 4.98 Å². The molecule has 1 unspecified atom stereocenters. The molecule has 4 heteroatoms. The molecule has 1 atom stereocenters. The van der Waals surface area contributed by atoms with E-state index >= 15 is 0 Å². The third-order valence-corrected chi connectivity index (χ3v) is 3.15. The zero-order chi connectivity index (χ0) is 12.3. The second kappa shape index (κ2) is 5.39. The molecule has 2 nitrogen and oxygen atoms in total. The van der Waals surface area contributed by atoms with Crippen LogP contribution in [0.15, 0.2) is 42.6 Å². The smallest absolute Gasteiger partial charge is 0.152 e. The first-order chi connectivity index (χ1) is 8.18. The van der Waals surface area contributed by atoms with Crippen molar-refractivity contribution in [2.45, 2.75) is 13.0 Å². The first kappa shape index (κ1) is 12.2. The first-order valence-corrected chi connectivity index (χ1v) is 6.05. The largest absolute Gasteiger partial charge is 0.376 e. The molecule has 0 saturated carbocycles. The third-order valence-electron chi connectivity index (χ3n) is 2.50. The summed E-state index contributed by atoms with van der Waals surface area (Å²) in [4.78, 5) is 4.02. The van der Waals surface area contributed by atoms with Gasteiger partial charge in [-0.2, -0.15) is 0 Å². The summed E-state index contributed by atoms with van der Waals surface area (Å²) in [6, 6.07) is 11.5. The zero-order valence-corrected chi connectivity index (χ0v) is 10.8. The molecule has 0 bridgehead atoms. The van der Waals surface area contributed by atoms with Gasteiger partial charge in [-0.05, 0) is 30.7 Å². The molecule has 1 heterocycles. The fourth-order valence-corrected chi connectivity index (χ4v) is 2.10. The molecule has 1 N–H and O–H groups in total. The monoisotopic (exact) mass is 266 g/mol. The van der Waals surface area contributed by atoms with E-state index in [-0.39, 0.29) is 6.04 Å². The van der Waals surface area contributed by atoms with E-state index in [0.29, 0.717) is 5.15 Å². The van der Waals surface area contributed by atoms with Crippen LogP contribution in [0.2, 0.25) is 10.2 Å². The Balaban J connectivity index is 2.20. The summed E-state index contributed by atoms with van der Waals surface area (Å²) >= 11 is 12.1. The van der Waals surface area contributed by atoms with Gasteiger partial charge in [0.05, 0.1) is 11.7 Å². The second-order valence-corrected chi connectivity index (χ2v) is 4.49. The highest BCUT2D eigenvalue weighted by Crippen LogP contribution is 2.27. The SMILES string of the molecule is CC(Nc1cccnc1Cl)c1ccccc1Cl. The number of aromatic nitrogens is 1. The van der Waals surface area contributed by atoms with Crippen LogP contribution in [0.3, 0.4) is 0 Å². The normalized spacial score (nSPS) is 12.2. The molecular formula is C13H12Cl2N2. The maximum Gasteiger partial charge on any atom is 0.152 e. The number of hydrogen-bond donors (Lipinski definition) is 1. The fraction of sp³-hybridized carbons (Fsp3) is 0.154. The maximum atomic E-state index is 6.14. The highest BCUT2D eigenvalue weighted by atomic mass is 35.5. The van der Waals surface area contributed by atoms with Crippen LogP contribution in [0.1, 0.15) is 18.5 Å². The van der Waals surface area contributed by atoms with Crippen LogP contribution in [0.4, 0.5) is 5.69 Å². The quantitative estimate of drug-likeness (QED) is 0.824. The highest BCUT2D eigenvalue weighted by molar-refractivity contribution is 6.32. The van der Waals surface area contributed by atoms with Crippen LogP contribution in [0.25, 0.3) is 0 Å². The fourth-order valence-electron chi connectivity index (χ4n) is 1.63. The Bertz CT molecular complexity index is 514. The molecule has 2 rings (SSSR count). The Morgan fingerprint density at radius 2 is 1.88 bits per heavy atom. The summed E-state index contributed by atoms with van der Waals surface area (Å²) in [6.45, 7) is 2.03. The van der Waals surface area contributed by atoms with E-state index in [1.54, 1.807) is 6.20 Å². The molecule has 0 aliphatic carbocycles. The summed E-state index contributed by atoms with van der Waals surface area (Å²) in [6.07, 6.45) is 1.66. The van der Waals surface area contributed by atoms with Crippen molar-refractivity contribution in [1.29, 1.82) is 0 Å². The Labute approximate surface area is 111 Å². The molecule has 0 saturated heterocycles. The summed E-state index contributed by atoms with van der Waals surface area (Å²) in [5, 5.41) is 4.50. The minimum atomic E-state index is 0.0744. The number of rotatable bonds is 3. The van der Waals surface area contributed by atoms with Crippen molar-refractivity contribution in [3.8, 4) is 0 Å². The van der Waals surface area contributed by atoms with Gasteiger partial charge in [0.15, 0.2) is 5.15 Å². The number of anilines is 1. The molecule has 0 radical (unpaired) electrons. The Hall–Kier alpha value is -1.25. The van der Waals surface area contributed by atoms with E-state index < -0.39 is 0 Å². The van der Waals surface area contributed by atoms with Gasteiger partial charge >= 0.3 is 0 Å². The summed E-state index contributed by atoms with van der Waals surface area (Å²) in [5.74, 6) is 0. The van der Waals surface area contributed by atoms with E-state index in [4.69, 9.17) is 23.2 Å². The minimum absolute atomic E-state index is 0.0744. The summed E-state index contributed by atoms with van der Waals surface area (Å²) < 4.78 is 0. The number of pyridine rings is 1. The molecule has 0 amide bonds. The van der Waals surface area contributed by atoms with Gasteiger partial charge in [-0.3, -0.25) is 0 Å². The van der Waals surface area contributed by atoms with E-state index in [9.17, 15) is 0 Å². The molecule has 0 aliphatic rings. The van der Waals surface area contributed by atoms with Gasteiger partial charge in [-0.15, -0.1) is 0 Å². The Morgan fingerprint density at radius 1 is 1.12 bits per heavy atom. The average Bonchev–Trinajstić information content (AvgIpc) is 2.32. The predicted octanol–water partition coefficient (Wildman–Crippen LogP) is 4.56. The lowest BCUT2D eigenvalue weighted by Gasteiger charge is -2.17. The van der Waals surface area contributed by atoms with Crippen molar-refractivity contribution < 1.29 is 0 Å². The Kier molecular flexibility index (Phi) is 3.87. The van der Waals surface area contributed by atoms with Gasteiger partial charge in [0.2, 0.25) is 0 Å². The van der Waals surface area contributed by atoms with Crippen LogP contribution < -0.4 is 5.32 Å². The standard InChI is InChI=1S/C13H12Cl2N2/c1-9(10-5-2-3-6-11(10)14)17-12-7-4-8-16-13(12)15/h2-9,17H,1H3. The van der Waals surface area contributed by atoms with E-state index in [1.807, 2.05) is 43.3 Å². The summed E-state index contributed by atoms with van der Waals surface area (Å²) in [7, 11) is 0. The van der Waals surface area contributed by atoms with Crippen LogP contribution in [0, 0.1) is 0 Å².